The summed E-state index contributed by atoms with van der Waals surface area (Å²) in [5.41, 5.74) is 6.29. The van der Waals surface area contributed by atoms with Gasteiger partial charge in [0.25, 0.3) is 10.0 Å². The average molecular weight is 439 g/mol. The highest BCUT2D eigenvalue weighted by Gasteiger charge is 2.29. The van der Waals surface area contributed by atoms with Crippen molar-refractivity contribution in [2.75, 3.05) is 18.5 Å². The summed E-state index contributed by atoms with van der Waals surface area (Å²) in [6.45, 7) is 12.6. The van der Waals surface area contributed by atoms with Crippen LogP contribution in [-0.4, -0.2) is 43.5 Å². The number of ether oxygens (including phenoxy) is 1. The SMILES string of the molecule is CC(C)(C)c1cc(C(C)(C)C)nc(NC(=O)NS(=O)(=O)C(=CN)C2=NCCCO2)n1. The van der Waals surface area contributed by atoms with Crippen molar-refractivity contribution < 1.29 is 17.9 Å². The van der Waals surface area contributed by atoms with Crippen LogP contribution in [0, 0.1) is 0 Å². The fraction of sp³-hybridized carbons (Fsp3) is 0.579. The Kier molecular flexibility index (Phi) is 6.75. The number of nitrogens with two attached hydrogens (primary N) is 1. The third-order valence-electron chi connectivity index (χ3n) is 4.16. The highest BCUT2D eigenvalue weighted by atomic mass is 32.2. The van der Waals surface area contributed by atoms with E-state index in [1.54, 1.807) is 0 Å². The Hall–Kier alpha value is -2.69. The molecule has 166 valence electrons. The summed E-state index contributed by atoms with van der Waals surface area (Å²) in [6, 6.07) is 0.866. The monoisotopic (exact) mass is 438 g/mol. The third kappa shape index (κ3) is 5.91. The van der Waals surface area contributed by atoms with Crippen LogP contribution in [0.4, 0.5) is 10.7 Å². The first-order chi connectivity index (χ1) is 13.7. The largest absolute Gasteiger partial charge is 0.477 e. The normalized spacial score (nSPS) is 15.8. The van der Waals surface area contributed by atoms with Gasteiger partial charge in [-0.1, -0.05) is 41.5 Å². The van der Waals surface area contributed by atoms with Gasteiger partial charge in [-0.3, -0.25) is 10.3 Å². The van der Waals surface area contributed by atoms with Crippen molar-refractivity contribution >= 4 is 27.9 Å². The van der Waals surface area contributed by atoms with Crippen molar-refractivity contribution in [1.29, 1.82) is 0 Å². The molecule has 0 radical (unpaired) electrons. The Morgan fingerprint density at radius 3 is 2.13 bits per heavy atom. The lowest BCUT2D eigenvalue weighted by atomic mass is 9.87. The molecule has 0 unspecified atom stereocenters. The zero-order valence-corrected chi connectivity index (χ0v) is 19.1. The molecule has 30 heavy (non-hydrogen) atoms. The summed E-state index contributed by atoms with van der Waals surface area (Å²) in [5, 5.41) is 2.40. The molecule has 4 N–H and O–H groups in total. The Morgan fingerprint density at radius 1 is 1.13 bits per heavy atom. The van der Waals surface area contributed by atoms with Crippen LogP contribution in [0.1, 0.15) is 59.4 Å². The maximum absolute atomic E-state index is 12.6. The molecule has 2 rings (SSSR count). The van der Waals surface area contributed by atoms with E-state index in [9.17, 15) is 13.2 Å². The maximum Gasteiger partial charge on any atom is 0.335 e. The van der Waals surface area contributed by atoms with Crippen LogP contribution < -0.4 is 15.8 Å². The molecule has 2 amide bonds. The van der Waals surface area contributed by atoms with E-state index in [1.165, 1.54) is 0 Å². The lowest BCUT2D eigenvalue weighted by molar-refractivity contribution is 0.256. The minimum Gasteiger partial charge on any atom is -0.477 e. The van der Waals surface area contributed by atoms with Crippen molar-refractivity contribution in [2.45, 2.75) is 58.8 Å². The number of carbonyl (C=O) groups excluding carboxylic acids is 1. The standard InChI is InChI=1S/C19H30N6O4S/c1-18(2,3)13-10-14(19(4,5)6)23-16(22-13)24-17(26)25-30(27,28)12(11-20)15-21-8-7-9-29-15/h10-11H,7-9,20H2,1-6H3,(H2,22,23,24,25,26). The van der Waals surface area contributed by atoms with Gasteiger partial charge in [0.2, 0.25) is 11.8 Å². The maximum atomic E-state index is 12.6. The van der Waals surface area contributed by atoms with Crippen LogP contribution in [0.5, 0.6) is 0 Å². The summed E-state index contributed by atoms with van der Waals surface area (Å²) < 4.78 is 32.3. The van der Waals surface area contributed by atoms with Crippen molar-refractivity contribution in [3.8, 4) is 0 Å². The van der Waals surface area contributed by atoms with E-state index in [0.29, 0.717) is 31.0 Å². The van der Waals surface area contributed by atoms with Gasteiger partial charge in [0.15, 0.2) is 4.91 Å². The molecule has 0 atom stereocenters. The number of hydrogen-bond acceptors (Lipinski definition) is 8. The molecule has 1 aliphatic rings. The Morgan fingerprint density at radius 2 is 1.70 bits per heavy atom. The topological polar surface area (TPSA) is 149 Å². The summed E-state index contributed by atoms with van der Waals surface area (Å²) in [5.74, 6) is -0.116. The summed E-state index contributed by atoms with van der Waals surface area (Å²) in [7, 11) is -4.31. The summed E-state index contributed by atoms with van der Waals surface area (Å²) >= 11 is 0. The van der Waals surface area contributed by atoms with Crippen LogP contribution >= 0.6 is 0 Å². The van der Waals surface area contributed by atoms with E-state index in [-0.39, 0.29) is 22.7 Å². The molecule has 1 aliphatic heterocycles. The lowest BCUT2D eigenvalue weighted by Crippen LogP contribution is -2.38. The first-order valence-corrected chi connectivity index (χ1v) is 11.1. The zero-order valence-electron chi connectivity index (χ0n) is 18.2. The first-order valence-electron chi connectivity index (χ1n) is 9.57. The van der Waals surface area contributed by atoms with Gasteiger partial charge in [-0.25, -0.2) is 27.9 Å². The van der Waals surface area contributed by atoms with Gasteiger partial charge in [-0.05, 0) is 6.07 Å². The highest BCUT2D eigenvalue weighted by molar-refractivity contribution is 7.94. The number of nitrogens with one attached hydrogen (secondary N) is 2. The molecular weight excluding hydrogens is 408 g/mol. The van der Waals surface area contributed by atoms with Crippen LogP contribution in [0.3, 0.4) is 0 Å². The van der Waals surface area contributed by atoms with Crippen LogP contribution in [0.15, 0.2) is 22.2 Å². The van der Waals surface area contributed by atoms with Gasteiger partial charge in [0.1, 0.15) is 0 Å². The van der Waals surface area contributed by atoms with Crippen molar-refractivity contribution in [1.82, 2.24) is 14.7 Å². The molecule has 1 aromatic heterocycles. The first kappa shape index (κ1) is 23.6. The second-order valence-corrected chi connectivity index (χ2v) is 10.6. The van der Waals surface area contributed by atoms with Crippen LogP contribution in [-0.2, 0) is 25.6 Å². The molecule has 0 saturated carbocycles. The number of carbonyl (C=O) groups is 1. The number of hydrogen-bond donors (Lipinski definition) is 3. The third-order valence-corrected chi connectivity index (χ3v) is 5.51. The highest BCUT2D eigenvalue weighted by Crippen LogP contribution is 2.27. The Balaban J connectivity index is 2.28. The van der Waals surface area contributed by atoms with E-state index in [0.717, 1.165) is 6.20 Å². The summed E-state index contributed by atoms with van der Waals surface area (Å²) in [6.07, 6.45) is 1.51. The van der Waals surface area contributed by atoms with E-state index < -0.39 is 21.0 Å². The van der Waals surface area contributed by atoms with Crippen LogP contribution in [0.2, 0.25) is 0 Å². The van der Waals surface area contributed by atoms with Gasteiger partial charge >= 0.3 is 6.03 Å². The number of aliphatic imine (C=N–C) groups is 1. The van der Waals surface area contributed by atoms with E-state index in [4.69, 9.17) is 10.5 Å². The number of anilines is 1. The molecular formula is C19H30N6O4S. The molecule has 1 aromatic rings. The second-order valence-electron chi connectivity index (χ2n) is 8.94. The van der Waals surface area contributed by atoms with Gasteiger partial charge in [0, 0.05) is 30.0 Å². The minimum absolute atomic E-state index is 0.00425. The zero-order chi connectivity index (χ0) is 22.7. The molecule has 0 aliphatic carbocycles. The Bertz CT molecular complexity index is 939. The lowest BCUT2D eigenvalue weighted by Gasteiger charge is -2.24. The fourth-order valence-electron chi connectivity index (χ4n) is 2.46. The quantitative estimate of drug-likeness (QED) is 0.652. The summed E-state index contributed by atoms with van der Waals surface area (Å²) in [4.78, 5) is 24.8. The number of urea groups is 1. The number of rotatable bonds is 4. The fourth-order valence-corrected chi connectivity index (χ4v) is 3.40. The van der Waals surface area contributed by atoms with Crippen molar-refractivity contribution in [2.24, 2.45) is 10.7 Å². The molecule has 0 spiro atoms. The number of nitrogens with zero attached hydrogens (tertiary/aromatic N) is 3. The average Bonchev–Trinajstić information content (AvgIpc) is 2.60. The predicted molar refractivity (Wildman–Crippen MR) is 116 cm³/mol. The van der Waals surface area contributed by atoms with E-state index in [2.05, 4.69) is 20.3 Å². The molecule has 0 bridgehead atoms. The van der Waals surface area contributed by atoms with Gasteiger partial charge in [-0.15, -0.1) is 0 Å². The smallest absolute Gasteiger partial charge is 0.335 e. The van der Waals surface area contributed by atoms with Crippen molar-refractivity contribution in [3.63, 3.8) is 0 Å². The molecule has 0 aromatic carbocycles. The molecule has 10 nitrogen and oxygen atoms in total. The molecule has 2 heterocycles. The van der Waals surface area contributed by atoms with Crippen molar-refractivity contribution in [3.05, 3.63) is 28.6 Å². The molecule has 0 saturated heterocycles. The van der Waals surface area contributed by atoms with Gasteiger partial charge < -0.3 is 10.5 Å². The van der Waals surface area contributed by atoms with E-state index >= 15 is 0 Å². The van der Waals surface area contributed by atoms with E-state index in [1.807, 2.05) is 52.3 Å². The number of sulfonamides is 1. The minimum atomic E-state index is -4.31. The van der Waals surface area contributed by atoms with Gasteiger partial charge in [0.05, 0.1) is 18.0 Å². The van der Waals surface area contributed by atoms with Crippen LogP contribution in [0.25, 0.3) is 0 Å². The second kappa shape index (κ2) is 8.58. The number of amides is 2. The molecule has 11 heteroatoms. The molecule has 0 fully saturated rings. The Labute approximate surface area is 177 Å². The number of aromatic nitrogens is 2. The predicted octanol–water partition coefficient (Wildman–Crippen LogP) is 2.14. The van der Waals surface area contributed by atoms with Gasteiger partial charge in [-0.2, -0.15) is 0 Å².